The molecule has 2 aliphatic rings. The Morgan fingerprint density at radius 1 is 1.12 bits per heavy atom. The Hall–Kier alpha value is -3.39. The first-order valence-electron chi connectivity index (χ1n) is 11.1. The van der Waals surface area contributed by atoms with Crippen LogP contribution >= 0.6 is 0 Å². The molecule has 0 aliphatic carbocycles. The van der Waals surface area contributed by atoms with Crippen LogP contribution in [0.15, 0.2) is 48.8 Å². The number of carboxylic acids is 1. The topological polar surface area (TPSA) is 99.5 Å². The lowest BCUT2D eigenvalue weighted by Gasteiger charge is -2.34. The van der Waals surface area contributed by atoms with Gasteiger partial charge in [0.15, 0.2) is 0 Å². The Morgan fingerprint density at radius 3 is 2.59 bits per heavy atom. The van der Waals surface area contributed by atoms with Gasteiger partial charge in [-0.1, -0.05) is 12.1 Å². The monoisotopic (exact) mass is 433 g/mol. The molecule has 0 radical (unpaired) electrons. The van der Waals surface area contributed by atoms with E-state index in [2.05, 4.69) is 44.8 Å². The molecule has 2 bridgehead atoms. The molecule has 2 saturated heterocycles. The van der Waals surface area contributed by atoms with Crippen molar-refractivity contribution in [1.82, 2.24) is 20.2 Å². The number of nitrogens with zero attached hydrogens (tertiary/aromatic N) is 3. The number of rotatable bonds is 7. The average Bonchev–Trinajstić information content (AvgIpc) is 3.35. The number of carbonyl (C=O) groups is 2. The molecule has 8 nitrogen and oxygen atoms in total. The Balaban J connectivity index is 1.15. The fourth-order valence-electron chi connectivity index (χ4n) is 4.78. The van der Waals surface area contributed by atoms with Crippen LogP contribution in [0.4, 0.5) is 5.69 Å². The van der Waals surface area contributed by atoms with Gasteiger partial charge in [-0.15, -0.1) is 0 Å². The highest BCUT2D eigenvalue weighted by Crippen LogP contribution is 2.25. The van der Waals surface area contributed by atoms with Gasteiger partial charge in [0, 0.05) is 55.2 Å². The van der Waals surface area contributed by atoms with Crippen molar-refractivity contribution in [3.05, 3.63) is 59.9 Å². The number of carbonyl (C=O) groups excluding carboxylic acids is 1. The Labute approximate surface area is 186 Å². The number of aliphatic carboxylic acids is 1. The molecule has 1 aromatic carbocycles. The molecule has 0 saturated carbocycles. The van der Waals surface area contributed by atoms with Gasteiger partial charge in [0.25, 0.3) is 5.91 Å². The Kier molecular flexibility index (Phi) is 5.53. The molecule has 32 heavy (non-hydrogen) atoms. The van der Waals surface area contributed by atoms with Gasteiger partial charge in [-0.2, -0.15) is 0 Å². The summed E-state index contributed by atoms with van der Waals surface area (Å²) in [4.78, 5) is 30.2. The van der Waals surface area contributed by atoms with Gasteiger partial charge >= 0.3 is 5.97 Å². The highest BCUT2D eigenvalue weighted by Gasteiger charge is 2.32. The van der Waals surface area contributed by atoms with Crippen LogP contribution in [-0.2, 0) is 17.8 Å². The highest BCUT2D eigenvalue weighted by atomic mass is 16.4. The summed E-state index contributed by atoms with van der Waals surface area (Å²) in [6.45, 7) is 2.53. The zero-order valence-corrected chi connectivity index (χ0v) is 17.8. The Bertz CT molecular complexity index is 1130. The smallest absolute Gasteiger partial charge is 0.323 e. The third-order valence-electron chi connectivity index (χ3n) is 6.39. The molecule has 4 heterocycles. The second-order valence-corrected chi connectivity index (χ2v) is 8.69. The first-order valence-corrected chi connectivity index (χ1v) is 11.1. The van der Waals surface area contributed by atoms with E-state index in [0.29, 0.717) is 29.8 Å². The molecule has 3 N–H and O–H groups in total. The third kappa shape index (κ3) is 4.31. The van der Waals surface area contributed by atoms with Crippen molar-refractivity contribution in [1.29, 1.82) is 0 Å². The maximum absolute atomic E-state index is 12.5. The number of anilines is 1. The number of benzene rings is 1. The van der Waals surface area contributed by atoms with E-state index >= 15 is 0 Å². The zero-order valence-electron chi connectivity index (χ0n) is 17.8. The molecule has 3 aromatic rings. The predicted molar refractivity (Wildman–Crippen MR) is 122 cm³/mol. The first-order chi connectivity index (χ1) is 15.5. The van der Waals surface area contributed by atoms with E-state index in [1.807, 2.05) is 0 Å². The second kappa shape index (κ2) is 8.63. The van der Waals surface area contributed by atoms with Crippen LogP contribution in [0.25, 0.3) is 11.0 Å². The molecular formula is C24H27N5O3. The van der Waals surface area contributed by atoms with Crippen LogP contribution in [0, 0.1) is 0 Å². The maximum atomic E-state index is 12.5. The summed E-state index contributed by atoms with van der Waals surface area (Å²) in [6.07, 6.45) is 6.46. The average molecular weight is 434 g/mol. The molecule has 8 heteroatoms. The first kappa shape index (κ1) is 20.5. The number of fused-ring (bicyclic) bond motifs is 3. The SMILES string of the molecule is O=C(O)Cn1ccc2cc(C(=O)NCCc3ccc(N4C[C@H]5CC[C@@H](C4)N5)cc3)cnc21. The molecule has 2 atom stereocenters. The minimum Gasteiger partial charge on any atom is -0.480 e. The van der Waals surface area contributed by atoms with Gasteiger partial charge in [-0.3, -0.25) is 9.59 Å². The third-order valence-corrected chi connectivity index (χ3v) is 6.39. The molecule has 2 fully saturated rings. The fraction of sp³-hybridized carbons (Fsp3) is 0.375. The van der Waals surface area contributed by atoms with Gasteiger partial charge in [0.1, 0.15) is 12.2 Å². The van der Waals surface area contributed by atoms with Crippen LogP contribution < -0.4 is 15.5 Å². The number of nitrogens with one attached hydrogen (secondary N) is 2. The molecular weight excluding hydrogens is 406 g/mol. The number of aromatic nitrogens is 2. The van der Waals surface area contributed by atoms with Crippen molar-refractivity contribution in [2.75, 3.05) is 24.5 Å². The highest BCUT2D eigenvalue weighted by molar-refractivity contribution is 5.97. The lowest BCUT2D eigenvalue weighted by molar-refractivity contribution is -0.137. The van der Waals surface area contributed by atoms with Crippen LogP contribution in [0.5, 0.6) is 0 Å². The van der Waals surface area contributed by atoms with Crippen molar-refractivity contribution in [2.45, 2.75) is 37.9 Å². The number of piperazine rings is 1. The summed E-state index contributed by atoms with van der Waals surface area (Å²) in [6, 6.07) is 13.4. The van der Waals surface area contributed by atoms with Crippen molar-refractivity contribution >= 4 is 28.6 Å². The maximum Gasteiger partial charge on any atom is 0.323 e. The molecule has 5 rings (SSSR count). The van der Waals surface area contributed by atoms with E-state index in [9.17, 15) is 9.59 Å². The van der Waals surface area contributed by atoms with Crippen molar-refractivity contribution in [2.24, 2.45) is 0 Å². The minimum absolute atomic E-state index is 0.156. The number of hydrogen-bond acceptors (Lipinski definition) is 5. The van der Waals surface area contributed by atoms with E-state index in [0.717, 1.165) is 24.9 Å². The van der Waals surface area contributed by atoms with Gasteiger partial charge in [-0.05, 0) is 49.1 Å². The quantitative estimate of drug-likeness (QED) is 0.527. The van der Waals surface area contributed by atoms with Crippen molar-refractivity contribution in [3.8, 4) is 0 Å². The molecule has 0 unspecified atom stereocenters. The van der Waals surface area contributed by atoms with Crippen molar-refractivity contribution < 1.29 is 14.7 Å². The van der Waals surface area contributed by atoms with Gasteiger partial charge in [0.05, 0.1) is 5.56 Å². The molecule has 2 aromatic heterocycles. The molecule has 1 amide bonds. The van der Waals surface area contributed by atoms with Crippen LogP contribution in [0.1, 0.15) is 28.8 Å². The molecule has 0 spiro atoms. The fourth-order valence-corrected chi connectivity index (χ4v) is 4.78. The summed E-state index contributed by atoms with van der Waals surface area (Å²) in [5.41, 5.74) is 3.48. The van der Waals surface area contributed by atoms with E-state index in [-0.39, 0.29) is 12.5 Å². The summed E-state index contributed by atoms with van der Waals surface area (Å²) < 4.78 is 1.55. The van der Waals surface area contributed by atoms with E-state index in [4.69, 9.17) is 5.11 Å². The van der Waals surface area contributed by atoms with Crippen LogP contribution in [0.2, 0.25) is 0 Å². The van der Waals surface area contributed by atoms with Gasteiger partial charge in [-0.25, -0.2) is 4.98 Å². The Morgan fingerprint density at radius 2 is 1.88 bits per heavy atom. The number of amides is 1. The standard InChI is InChI=1S/C24H27N5O3/c30-22(31)15-28-10-8-17-11-18(12-26-23(17)28)24(32)25-9-7-16-1-5-21(6-2-16)29-13-19-3-4-20(14-29)27-19/h1-2,5-6,8,10-12,19-20,27H,3-4,7,9,13-15H2,(H,25,32)(H,30,31)/t19-,20+. The van der Waals surface area contributed by atoms with E-state index < -0.39 is 5.97 Å². The van der Waals surface area contributed by atoms with E-state index in [1.54, 1.807) is 22.9 Å². The van der Waals surface area contributed by atoms with E-state index in [1.165, 1.54) is 30.3 Å². The predicted octanol–water partition coefficient (Wildman–Crippen LogP) is 2.03. The van der Waals surface area contributed by atoms with Crippen LogP contribution in [0.3, 0.4) is 0 Å². The lowest BCUT2D eigenvalue weighted by Crippen LogP contribution is -2.51. The second-order valence-electron chi connectivity index (χ2n) is 8.69. The van der Waals surface area contributed by atoms with Crippen molar-refractivity contribution in [3.63, 3.8) is 0 Å². The van der Waals surface area contributed by atoms with Gasteiger partial charge < -0.3 is 25.2 Å². The minimum atomic E-state index is -0.931. The molecule has 166 valence electrons. The summed E-state index contributed by atoms with van der Waals surface area (Å²) in [7, 11) is 0. The largest absolute Gasteiger partial charge is 0.480 e. The number of hydrogen-bond donors (Lipinski definition) is 3. The lowest BCUT2D eigenvalue weighted by atomic mass is 10.1. The summed E-state index contributed by atoms with van der Waals surface area (Å²) >= 11 is 0. The van der Waals surface area contributed by atoms with Crippen LogP contribution in [-0.4, -0.2) is 58.3 Å². The summed E-state index contributed by atoms with van der Waals surface area (Å²) in [5, 5.41) is 16.3. The summed E-state index contributed by atoms with van der Waals surface area (Å²) in [5.74, 6) is -1.11. The number of carboxylic acid groups (broad SMARTS) is 1. The number of pyridine rings is 1. The molecule has 2 aliphatic heterocycles. The van der Waals surface area contributed by atoms with Gasteiger partial charge in [0.2, 0.25) is 0 Å². The normalized spacial score (nSPS) is 19.9. The zero-order chi connectivity index (χ0) is 22.1.